The van der Waals surface area contributed by atoms with E-state index in [2.05, 4.69) is 79.8 Å². The molecule has 2 amide bonds. The standard InChI is InChI=1S/C22H22N6O3.C17H19ClN6O2.C17H23N3O4.C14H18N2O2.C11H20N2O2/c23-21-19(9-18(25-26-21)16-3-1-2-4-20(16)29)27-11-14-5-6-15(12-27)28(14)13-7-8-17(22(30)31)24-10-13;1-26-17(25)13-5-4-10(7-20-13)24-11-2-3-12(24)9-23(8-11)14-6-15(18)21-22-16(14)19;1-17(2,3)24-16(23)19-9-12-4-5-13(10-19)20(12)11-6-7-14(15(21)22)18-8-11;1-18-14(17)13-8-7-12(9-15-13)16-10-3-2-4-11(16)6-5-10;1-11(2,3)15-10(14)13-6-8-4-5-9(7-13)12-8/h1-4,7-10,14-15,29H,5-6,11-12H2,(H2,23,26)(H,30,31);4-7,11-12H,2-3,8-9H2,1H3,(H2,19,22);6-8,12-13H,4-5,9-10H2,1-3H3,(H,21,22);7-11H,2-6H2,1H3;8-9,12H,4-7H2,1-3H3. The van der Waals surface area contributed by atoms with Crippen molar-refractivity contribution in [3.63, 3.8) is 0 Å². The molecule has 1 aromatic carbocycles. The van der Waals surface area contributed by atoms with Gasteiger partial charge >= 0.3 is 36.1 Å². The van der Waals surface area contributed by atoms with Crippen molar-refractivity contribution in [2.75, 3.05) is 107 Å². The molecule has 10 saturated heterocycles. The van der Waals surface area contributed by atoms with Crippen LogP contribution in [0.15, 0.2) is 110 Å². The van der Waals surface area contributed by atoms with Crippen LogP contribution in [0.2, 0.25) is 5.15 Å². The van der Waals surface area contributed by atoms with Crippen LogP contribution in [0.25, 0.3) is 11.3 Å². The highest BCUT2D eigenvalue weighted by Crippen LogP contribution is 2.43. The van der Waals surface area contributed by atoms with E-state index in [9.17, 15) is 33.9 Å². The molecule has 10 aliphatic rings. The van der Waals surface area contributed by atoms with Gasteiger partial charge in [-0.1, -0.05) is 23.7 Å². The Morgan fingerprint density at radius 2 is 0.807 bits per heavy atom. The van der Waals surface area contributed by atoms with Gasteiger partial charge in [0, 0.05) is 124 Å². The van der Waals surface area contributed by atoms with Crippen molar-refractivity contribution in [1.29, 1.82) is 0 Å². The number of aromatic nitrogens is 8. The number of hydrogen-bond donors (Lipinski definition) is 6. The Kier molecular flexibility index (Phi) is 24.6. The number of ether oxygens (including phenoxy) is 4. The number of amides is 2. The predicted molar refractivity (Wildman–Crippen MR) is 430 cm³/mol. The van der Waals surface area contributed by atoms with E-state index < -0.39 is 23.5 Å². The fourth-order valence-electron chi connectivity index (χ4n) is 17.6. The van der Waals surface area contributed by atoms with Crippen molar-refractivity contribution in [2.24, 2.45) is 0 Å². The number of anilines is 8. The maximum absolute atomic E-state index is 12.3. The number of carboxylic acids is 2. The number of hydrogen-bond acceptors (Lipinski definition) is 28. The van der Waals surface area contributed by atoms with Crippen molar-refractivity contribution in [3.05, 3.63) is 138 Å². The highest BCUT2D eigenvalue weighted by atomic mass is 35.5. The van der Waals surface area contributed by atoms with Crippen LogP contribution in [0.5, 0.6) is 5.75 Å². The molecule has 10 aliphatic heterocycles. The summed E-state index contributed by atoms with van der Waals surface area (Å²) in [6.45, 7) is 17.3. The third kappa shape index (κ3) is 18.9. The molecule has 33 heteroatoms. The average molecular weight is 1590 g/mol. The zero-order chi connectivity index (χ0) is 80.9. The quantitative estimate of drug-likeness (QED) is 0.0517. The molecule has 16 heterocycles. The molecule has 606 valence electrons. The maximum atomic E-state index is 12.3. The minimum atomic E-state index is -1.03. The molecule has 10 bridgehead atoms. The van der Waals surface area contributed by atoms with Crippen molar-refractivity contribution >= 4 is 93.4 Å². The molecule has 0 saturated carbocycles. The van der Waals surface area contributed by atoms with Crippen molar-refractivity contribution in [1.82, 2.24) is 55.4 Å². The number of fused-ring (bicyclic) bond motifs is 10. The lowest BCUT2D eigenvalue weighted by Crippen LogP contribution is -2.56. The zero-order valence-corrected chi connectivity index (χ0v) is 66.4. The SMILES string of the molecule is CC(C)(C)OC(=O)N1CC2CCC(C1)N2.CC(C)(C)OC(=O)N1CC2CCC(C1)N2c1ccc(C(=O)O)nc1.COC(=O)c1ccc(N2C3CCC2CN(c2cc(Cl)nnc2N)C3)cn1.COC(=O)c1ccc(N2C3CCCC2CC3)cn1.Nc1nnc(-c2ccccc2O)cc1N1CC2CCC(C1)N2c1ccc(C(=O)O)nc1. The van der Waals surface area contributed by atoms with Crippen molar-refractivity contribution in [3.8, 4) is 17.0 Å². The number of nitrogen functional groups attached to an aromatic ring is 2. The highest BCUT2D eigenvalue weighted by molar-refractivity contribution is 6.29. The summed E-state index contributed by atoms with van der Waals surface area (Å²) >= 11 is 5.99. The minimum absolute atomic E-state index is 0.0403. The molecule has 10 fully saturated rings. The number of piperazine rings is 4. The molecule has 0 aliphatic carbocycles. The van der Waals surface area contributed by atoms with Gasteiger partial charge < -0.3 is 90.3 Å². The number of carbonyl (C=O) groups is 6. The van der Waals surface area contributed by atoms with E-state index in [1.54, 1.807) is 72.0 Å². The topological polar surface area (TPSA) is 393 Å². The van der Waals surface area contributed by atoms with E-state index >= 15 is 0 Å². The van der Waals surface area contributed by atoms with E-state index in [4.69, 9.17) is 47.5 Å². The first-order chi connectivity index (χ1) is 54.5. The molecule has 7 aromatic rings. The van der Waals surface area contributed by atoms with Crippen LogP contribution in [0, 0.1) is 0 Å². The molecular weight excluding hydrogens is 1480 g/mol. The van der Waals surface area contributed by atoms with Gasteiger partial charge in [0.1, 0.15) is 39.7 Å². The van der Waals surface area contributed by atoms with Gasteiger partial charge in [-0.2, -0.15) is 0 Å². The third-order valence-electron chi connectivity index (χ3n) is 22.5. The van der Waals surface area contributed by atoms with E-state index in [0.29, 0.717) is 88.8 Å². The maximum Gasteiger partial charge on any atom is 0.410 e. The van der Waals surface area contributed by atoms with Gasteiger partial charge in [0.05, 0.1) is 78.8 Å². The predicted octanol–water partition coefficient (Wildman–Crippen LogP) is 10.2. The van der Waals surface area contributed by atoms with Crippen molar-refractivity contribution in [2.45, 2.75) is 197 Å². The normalized spacial score (nSPS) is 23.5. The van der Waals surface area contributed by atoms with Gasteiger partial charge in [0.25, 0.3) is 0 Å². The summed E-state index contributed by atoms with van der Waals surface area (Å²) in [5, 5.41) is 48.1. The lowest BCUT2D eigenvalue weighted by Gasteiger charge is -2.43. The van der Waals surface area contributed by atoms with E-state index in [1.165, 1.54) is 65.2 Å². The number of rotatable bonds is 11. The molecular formula is C81H102ClN19O13. The first kappa shape index (κ1) is 80.9. The number of methoxy groups -OCH3 is 2. The number of pyridine rings is 4. The monoisotopic (exact) mass is 1580 g/mol. The fourth-order valence-corrected chi connectivity index (χ4v) is 17.7. The summed E-state index contributed by atoms with van der Waals surface area (Å²) in [5.41, 5.74) is 18.9. The molecule has 0 radical (unpaired) electrons. The summed E-state index contributed by atoms with van der Waals surface area (Å²) in [6, 6.07) is 28.7. The molecule has 8 N–H and O–H groups in total. The van der Waals surface area contributed by atoms with Crippen molar-refractivity contribution < 1.29 is 63.0 Å². The minimum Gasteiger partial charge on any atom is -0.507 e. The number of piperidine rings is 1. The van der Waals surface area contributed by atoms with E-state index in [0.717, 1.165) is 112 Å². The van der Waals surface area contributed by atoms with Crippen LogP contribution < -0.4 is 46.2 Å². The molecule has 17 rings (SSSR count). The summed E-state index contributed by atoms with van der Waals surface area (Å²) in [5.74, 6) is -1.95. The number of likely N-dealkylation sites (tertiary alicyclic amines) is 2. The number of phenols is 1. The van der Waals surface area contributed by atoms with Gasteiger partial charge in [-0.15, -0.1) is 20.4 Å². The number of aromatic carboxylic acids is 2. The average Bonchev–Trinajstić information content (AvgIpc) is 1.60. The third-order valence-corrected chi connectivity index (χ3v) is 22.7. The number of para-hydroxylation sites is 1. The van der Waals surface area contributed by atoms with Crippen LogP contribution in [0.4, 0.5) is 55.3 Å². The largest absolute Gasteiger partial charge is 0.507 e. The Hall–Kier alpha value is -11.2. The van der Waals surface area contributed by atoms with Gasteiger partial charge in [0.2, 0.25) is 0 Å². The Labute approximate surface area is 667 Å². The Balaban J connectivity index is 0.000000127. The molecule has 32 nitrogen and oxygen atoms in total. The number of benzene rings is 1. The van der Waals surface area contributed by atoms with Crippen LogP contribution in [-0.4, -0.2) is 240 Å². The highest BCUT2D eigenvalue weighted by Gasteiger charge is 2.46. The fraction of sp³-hybridized carbons (Fsp3) is 0.506. The number of aromatic hydroxyl groups is 1. The number of esters is 2. The number of halogens is 1. The van der Waals surface area contributed by atoms with Gasteiger partial charge in [-0.3, -0.25) is 0 Å². The van der Waals surface area contributed by atoms with E-state index in [1.807, 2.05) is 83.0 Å². The van der Waals surface area contributed by atoms with Crippen LogP contribution in [0.1, 0.15) is 167 Å². The molecule has 10 unspecified atom stereocenters. The Morgan fingerprint density at radius 3 is 1.18 bits per heavy atom. The number of carboxylic acid groups (broad SMARTS) is 2. The first-order valence-corrected chi connectivity index (χ1v) is 39.5. The van der Waals surface area contributed by atoms with Gasteiger partial charge in [0.15, 0.2) is 16.8 Å². The smallest absolute Gasteiger partial charge is 0.410 e. The van der Waals surface area contributed by atoms with Crippen LogP contribution in [-0.2, 0) is 18.9 Å². The lowest BCUT2D eigenvalue weighted by atomic mass is 10.0. The Morgan fingerprint density at radius 1 is 0.447 bits per heavy atom. The molecule has 10 atom stereocenters. The number of nitrogens with zero attached hydrogens (tertiary/aromatic N) is 16. The molecule has 114 heavy (non-hydrogen) atoms. The number of phenolic OH excluding ortho intramolecular Hbond substituents is 1. The lowest BCUT2D eigenvalue weighted by molar-refractivity contribution is 0.0185. The summed E-state index contributed by atoms with van der Waals surface area (Å²) in [4.78, 5) is 103. The first-order valence-electron chi connectivity index (χ1n) is 39.1. The summed E-state index contributed by atoms with van der Waals surface area (Å²) in [6.07, 6.45) is 21.5. The Bertz CT molecular complexity index is 4510. The summed E-state index contributed by atoms with van der Waals surface area (Å²) in [7, 11) is 2.73. The van der Waals surface area contributed by atoms with Gasteiger partial charge in [-0.05, 0) is 192 Å². The molecule has 6 aromatic heterocycles. The summed E-state index contributed by atoms with van der Waals surface area (Å²) < 4.78 is 20.2. The molecule has 0 spiro atoms. The number of carbonyl (C=O) groups excluding carboxylic acids is 4. The second-order valence-electron chi connectivity index (χ2n) is 32.5. The van der Waals surface area contributed by atoms with Gasteiger partial charge in [-0.25, -0.2) is 48.7 Å². The van der Waals surface area contributed by atoms with Crippen LogP contribution >= 0.6 is 11.6 Å². The zero-order valence-electron chi connectivity index (χ0n) is 65.6. The number of nitrogens with one attached hydrogen (secondary N) is 1. The van der Waals surface area contributed by atoms with E-state index in [-0.39, 0.29) is 65.1 Å². The number of nitrogens with two attached hydrogens (primary N) is 2. The second kappa shape index (κ2) is 34.7. The second-order valence-corrected chi connectivity index (χ2v) is 32.9. The van der Waals surface area contributed by atoms with Crippen LogP contribution in [0.3, 0.4) is 0 Å².